The molecule has 2 aromatic carbocycles. The first kappa shape index (κ1) is 16.8. The Morgan fingerprint density at radius 1 is 0.696 bits per heavy atom. The third kappa shape index (κ3) is 5.96. The van der Waals surface area contributed by atoms with E-state index in [0.29, 0.717) is 11.4 Å². The molecule has 2 aromatic rings. The summed E-state index contributed by atoms with van der Waals surface area (Å²) in [4.78, 5) is 5.53. The van der Waals surface area contributed by atoms with E-state index in [-0.39, 0.29) is 0 Å². The highest BCUT2D eigenvalue weighted by Crippen LogP contribution is 2.17. The molecule has 6 nitrogen and oxygen atoms in total. The maximum atomic E-state index is 8.36. The van der Waals surface area contributed by atoms with Crippen molar-refractivity contribution in [2.24, 2.45) is 10.2 Å². The van der Waals surface area contributed by atoms with Crippen molar-refractivity contribution in [1.82, 2.24) is 0 Å². The van der Waals surface area contributed by atoms with Crippen LogP contribution < -0.4 is 0 Å². The number of hydrogen-bond acceptors (Lipinski definition) is 3. The van der Waals surface area contributed by atoms with Crippen LogP contribution in [-0.4, -0.2) is 11.5 Å². The molecule has 0 aromatic heterocycles. The van der Waals surface area contributed by atoms with E-state index >= 15 is 0 Å². The number of rotatable bonds is 8. The minimum atomic E-state index is 0.646. The van der Waals surface area contributed by atoms with Crippen LogP contribution in [0.2, 0.25) is 0 Å². The van der Waals surface area contributed by atoms with Gasteiger partial charge < -0.3 is 0 Å². The van der Waals surface area contributed by atoms with Crippen LogP contribution in [0.1, 0.15) is 11.1 Å². The van der Waals surface area contributed by atoms with E-state index in [9.17, 15) is 0 Å². The lowest BCUT2D eigenvalue weighted by Gasteiger charge is -2.04. The van der Waals surface area contributed by atoms with E-state index in [4.69, 9.17) is 11.1 Å². The van der Waals surface area contributed by atoms with Crippen molar-refractivity contribution in [1.29, 1.82) is 0 Å². The quantitative estimate of drug-likeness (QED) is 0.249. The first-order valence-electron chi connectivity index (χ1n) is 7.17. The van der Waals surface area contributed by atoms with Crippen LogP contribution in [0.4, 0.5) is 11.4 Å². The first-order chi connectivity index (χ1) is 11.3. The molecule has 0 spiro atoms. The zero-order valence-corrected chi connectivity index (χ0v) is 13.4. The maximum Gasteiger partial charge on any atom is 0.0375 e. The van der Waals surface area contributed by atoms with Crippen LogP contribution in [0.3, 0.4) is 0 Å². The Morgan fingerprint density at radius 3 is 1.43 bits per heavy atom. The van der Waals surface area contributed by atoms with E-state index in [1.807, 2.05) is 60.3 Å². The van der Waals surface area contributed by atoms with Gasteiger partial charge in [-0.05, 0) is 46.5 Å². The molecule has 0 saturated carbocycles. The monoisotopic (exact) mass is 324 g/mol. The zero-order valence-electron chi connectivity index (χ0n) is 12.5. The molecule has 0 radical (unpaired) electrons. The second kappa shape index (κ2) is 9.43. The molecule has 0 fully saturated rings. The highest BCUT2D eigenvalue weighted by molar-refractivity contribution is 7.99. The standard InChI is InChI=1S/C16H16N6S/c17-21-19-15-5-1-13(2-6-15)9-11-23-12-10-14-3-7-16(8-4-14)20-22-18/h1-8H,9-12H2. The summed E-state index contributed by atoms with van der Waals surface area (Å²) in [6.07, 6.45) is 1.99. The Morgan fingerprint density at radius 2 is 1.09 bits per heavy atom. The zero-order chi connectivity index (χ0) is 16.3. The fraction of sp³-hybridized carbons (Fsp3) is 0.250. The van der Waals surface area contributed by atoms with Gasteiger partial charge in [0.05, 0.1) is 0 Å². The molecule has 0 aliphatic rings. The van der Waals surface area contributed by atoms with Gasteiger partial charge in [0.15, 0.2) is 0 Å². The molecule has 0 saturated heterocycles. The van der Waals surface area contributed by atoms with E-state index in [0.717, 1.165) is 24.3 Å². The van der Waals surface area contributed by atoms with Crippen molar-refractivity contribution in [2.75, 3.05) is 11.5 Å². The lowest BCUT2D eigenvalue weighted by molar-refractivity contribution is 1.12. The number of aryl methyl sites for hydroxylation is 2. The number of benzene rings is 2. The van der Waals surface area contributed by atoms with Crippen molar-refractivity contribution >= 4 is 23.1 Å². The third-order valence-electron chi connectivity index (χ3n) is 3.26. The Bertz CT molecular complexity index is 650. The van der Waals surface area contributed by atoms with Crippen LogP contribution >= 0.6 is 11.8 Å². The van der Waals surface area contributed by atoms with Gasteiger partial charge in [0.25, 0.3) is 0 Å². The number of hydrogen-bond donors (Lipinski definition) is 0. The molecule has 0 atom stereocenters. The van der Waals surface area contributed by atoms with Crippen LogP contribution in [-0.2, 0) is 12.8 Å². The summed E-state index contributed by atoms with van der Waals surface area (Å²) >= 11 is 1.91. The van der Waals surface area contributed by atoms with E-state index in [1.165, 1.54) is 11.1 Å². The highest BCUT2D eigenvalue weighted by Gasteiger charge is 1.97. The molecule has 0 heterocycles. The molecule has 0 amide bonds. The number of nitrogens with zero attached hydrogens (tertiary/aromatic N) is 6. The fourth-order valence-corrected chi connectivity index (χ4v) is 3.01. The molecule has 116 valence electrons. The lowest BCUT2D eigenvalue weighted by atomic mass is 10.1. The van der Waals surface area contributed by atoms with Crippen molar-refractivity contribution in [3.63, 3.8) is 0 Å². The summed E-state index contributed by atoms with van der Waals surface area (Å²) < 4.78 is 0. The SMILES string of the molecule is [N-]=[N+]=Nc1ccc(CCSCCc2ccc(N=[N+]=[N-])cc2)cc1. The van der Waals surface area contributed by atoms with E-state index in [1.54, 1.807) is 0 Å². The van der Waals surface area contributed by atoms with Crippen molar-refractivity contribution in [2.45, 2.75) is 12.8 Å². The fourth-order valence-electron chi connectivity index (χ4n) is 2.04. The molecule has 0 aliphatic carbocycles. The molecular formula is C16H16N6S. The molecule has 23 heavy (non-hydrogen) atoms. The molecule has 2 rings (SSSR count). The number of thioether (sulfide) groups is 1. The second-order valence-corrected chi connectivity index (χ2v) is 6.05. The maximum absolute atomic E-state index is 8.36. The highest BCUT2D eigenvalue weighted by atomic mass is 32.2. The third-order valence-corrected chi connectivity index (χ3v) is 4.25. The van der Waals surface area contributed by atoms with Gasteiger partial charge in [0.2, 0.25) is 0 Å². The van der Waals surface area contributed by atoms with E-state index < -0.39 is 0 Å². The summed E-state index contributed by atoms with van der Waals surface area (Å²) in [5, 5.41) is 7.12. The second-order valence-electron chi connectivity index (χ2n) is 4.82. The Balaban J connectivity index is 1.69. The summed E-state index contributed by atoms with van der Waals surface area (Å²) in [5.74, 6) is 2.11. The normalized spacial score (nSPS) is 9.74. The predicted octanol–water partition coefficient (Wildman–Crippen LogP) is 6.09. The van der Waals surface area contributed by atoms with Crippen LogP contribution in [0.5, 0.6) is 0 Å². The van der Waals surface area contributed by atoms with Crippen LogP contribution in [0, 0.1) is 0 Å². The van der Waals surface area contributed by atoms with Gasteiger partial charge in [-0.25, -0.2) is 0 Å². The molecule has 0 unspecified atom stereocenters. The first-order valence-corrected chi connectivity index (χ1v) is 8.33. The topological polar surface area (TPSA) is 97.5 Å². The summed E-state index contributed by atoms with van der Waals surface area (Å²) in [5.41, 5.74) is 20.5. The Hall–Kier alpha value is -2.59. The molecular weight excluding hydrogens is 308 g/mol. The molecule has 0 aliphatic heterocycles. The minimum Gasteiger partial charge on any atom is -0.161 e. The van der Waals surface area contributed by atoms with Crippen molar-refractivity contribution in [3.8, 4) is 0 Å². The minimum absolute atomic E-state index is 0.646. The van der Waals surface area contributed by atoms with Gasteiger partial charge >= 0.3 is 0 Å². The summed E-state index contributed by atoms with van der Waals surface area (Å²) in [6, 6.07) is 15.3. The Kier molecular flexibility index (Phi) is 6.88. The molecule has 7 heteroatoms. The van der Waals surface area contributed by atoms with Crippen molar-refractivity contribution in [3.05, 3.63) is 80.5 Å². The van der Waals surface area contributed by atoms with Gasteiger partial charge in [-0.15, -0.1) is 0 Å². The average molecular weight is 324 g/mol. The van der Waals surface area contributed by atoms with Gasteiger partial charge in [0.1, 0.15) is 0 Å². The number of azide groups is 2. The summed E-state index contributed by atoms with van der Waals surface area (Å²) in [7, 11) is 0. The Labute approximate surface area is 138 Å². The lowest BCUT2D eigenvalue weighted by Crippen LogP contribution is -1.92. The van der Waals surface area contributed by atoms with Gasteiger partial charge in [-0.3, -0.25) is 0 Å². The van der Waals surface area contributed by atoms with Crippen molar-refractivity contribution < 1.29 is 0 Å². The van der Waals surface area contributed by atoms with E-state index in [2.05, 4.69) is 20.1 Å². The van der Waals surface area contributed by atoms with Crippen LogP contribution in [0.15, 0.2) is 58.8 Å². The average Bonchev–Trinajstić information content (AvgIpc) is 2.58. The largest absolute Gasteiger partial charge is 0.161 e. The van der Waals surface area contributed by atoms with Gasteiger partial charge in [-0.2, -0.15) is 11.8 Å². The molecule has 0 N–H and O–H groups in total. The van der Waals surface area contributed by atoms with Crippen LogP contribution in [0.25, 0.3) is 20.9 Å². The summed E-state index contributed by atoms with van der Waals surface area (Å²) in [6.45, 7) is 0. The van der Waals surface area contributed by atoms with Gasteiger partial charge in [0, 0.05) is 21.2 Å². The molecule has 0 bridgehead atoms. The predicted molar refractivity (Wildman–Crippen MR) is 95.2 cm³/mol. The van der Waals surface area contributed by atoms with Gasteiger partial charge in [-0.1, -0.05) is 58.8 Å². The smallest absolute Gasteiger partial charge is 0.0375 e.